The molecule has 20 heavy (non-hydrogen) atoms. The second-order valence-electron chi connectivity index (χ2n) is 4.29. The summed E-state index contributed by atoms with van der Waals surface area (Å²) in [6.07, 6.45) is 1.67. The Balaban J connectivity index is 1.84. The van der Waals surface area contributed by atoms with E-state index in [1.54, 1.807) is 12.3 Å². The SMILES string of the molecule is C[C@@H](NC(=O)COc1cccc(F)c1)c1ccccn1. The average molecular weight is 274 g/mol. The highest BCUT2D eigenvalue weighted by Gasteiger charge is 2.10. The van der Waals surface area contributed by atoms with E-state index in [-0.39, 0.29) is 18.6 Å². The Morgan fingerprint density at radius 1 is 1.35 bits per heavy atom. The first-order valence-corrected chi connectivity index (χ1v) is 6.24. The summed E-state index contributed by atoms with van der Waals surface area (Å²) in [5.41, 5.74) is 0.770. The summed E-state index contributed by atoms with van der Waals surface area (Å²) in [6, 6.07) is 11.0. The predicted octanol–water partition coefficient (Wildman–Crippen LogP) is 2.48. The van der Waals surface area contributed by atoms with Crippen LogP contribution in [-0.2, 0) is 4.79 Å². The summed E-state index contributed by atoms with van der Waals surface area (Å²) < 4.78 is 18.1. The molecule has 0 unspecified atom stereocenters. The highest BCUT2D eigenvalue weighted by Crippen LogP contribution is 2.12. The molecule has 0 aliphatic carbocycles. The van der Waals surface area contributed by atoms with Crippen LogP contribution in [0.5, 0.6) is 5.75 Å². The van der Waals surface area contributed by atoms with Crippen molar-refractivity contribution < 1.29 is 13.9 Å². The topological polar surface area (TPSA) is 51.2 Å². The molecule has 0 radical (unpaired) electrons. The van der Waals surface area contributed by atoms with Crippen molar-refractivity contribution in [3.63, 3.8) is 0 Å². The van der Waals surface area contributed by atoms with Crippen LogP contribution >= 0.6 is 0 Å². The molecule has 0 saturated heterocycles. The first-order valence-electron chi connectivity index (χ1n) is 6.24. The maximum Gasteiger partial charge on any atom is 0.258 e. The first-order chi connectivity index (χ1) is 9.65. The van der Waals surface area contributed by atoms with Crippen LogP contribution in [0.1, 0.15) is 18.7 Å². The zero-order valence-corrected chi connectivity index (χ0v) is 11.0. The number of pyridine rings is 1. The van der Waals surface area contributed by atoms with E-state index in [0.29, 0.717) is 5.75 Å². The van der Waals surface area contributed by atoms with Crippen LogP contribution in [0.2, 0.25) is 0 Å². The Morgan fingerprint density at radius 3 is 2.90 bits per heavy atom. The van der Waals surface area contributed by atoms with Gasteiger partial charge in [0.2, 0.25) is 0 Å². The Labute approximate surface area is 116 Å². The Kier molecular flexibility index (Phi) is 4.65. The first kappa shape index (κ1) is 14.0. The van der Waals surface area contributed by atoms with Crippen LogP contribution in [0.25, 0.3) is 0 Å². The summed E-state index contributed by atoms with van der Waals surface area (Å²) in [7, 11) is 0. The summed E-state index contributed by atoms with van der Waals surface area (Å²) in [5, 5.41) is 2.76. The highest BCUT2D eigenvalue weighted by molar-refractivity contribution is 5.77. The largest absolute Gasteiger partial charge is 0.484 e. The van der Waals surface area contributed by atoms with Crippen molar-refractivity contribution in [1.82, 2.24) is 10.3 Å². The van der Waals surface area contributed by atoms with Crippen LogP contribution in [0, 0.1) is 5.82 Å². The van der Waals surface area contributed by atoms with Gasteiger partial charge in [-0.2, -0.15) is 0 Å². The van der Waals surface area contributed by atoms with Gasteiger partial charge in [-0.3, -0.25) is 9.78 Å². The van der Waals surface area contributed by atoms with E-state index in [9.17, 15) is 9.18 Å². The lowest BCUT2D eigenvalue weighted by molar-refractivity contribution is -0.123. The van der Waals surface area contributed by atoms with Gasteiger partial charge in [-0.25, -0.2) is 4.39 Å². The Hall–Kier alpha value is -2.43. The van der Waals surface area contributed by atoms with E-state index < -0.39 is 5.82 Å². The maximum absolute atomic E-state index is 12.9. The smallest absolute Gasteiger partial charge is 0.258 e. The molecule has 1 amide bonds. The number of hydrogen-bond acceptors (Lipinski definition) is 3. The van der Waals surface area contributed by atoms with Gasteiger partial charge < -0.3 is 10.1 Å². The van der Waals surface area contributed by atoms with Crippen molar-refractivity contribution in [2.45, 2.75) is 13.0 Å². The summed E-state index contributed by atoms with van der Waals surface area (Å²) in [4.78, 5) is 15.9. The third-order valence-corrected chi connectivity index (χ3v) is 2.67. The van der Waals surface area contributed by atoms with Gasteiger partial charge in [0, 0.05) is 12.3 Å². The molecule has 0 aliphatic rings. The zero-order chi connectivity index (χ0) is 14.4. The second-order valence-corrected chi connectivity index (χ2v) is 4.29. The molecule has 0 saturated carbocycles. The number of benzene rings is 1. The monoisotopic (exact) mass is 274 g/mol. The lowest BCUT2D eigenvalue weighted by Crippen LogP contribution is -2.31. The highest BCUT2D eigenvalue weighted by atomic mass is 19.1. The second kappa shape index (κ2) is 6.65. The fourth-order valence-corrected chi connectivity index (χ4v) is 1.69. The minimum Gasteiger partial charge on any atom is -0.484 e. The molecular formula is C15H15FN2O2. The summed E-state index contributed by atoms with van der Waals surface area (Å²) in [5.74, 6) is -0.359. The van der Waals surface area contributed by atoms with Crippen LogP contribution in [0.3, 0.4) is 0 Å². The fourth-order valence-electron chi connectivity index (χ4n) is 1.69. The Bertz CT molecular complexity index is 575. The number of hydrogen-bond donors (Lipinski definition) is 1. The van der Waals surface area contributed by atoms with Gasteiger partial charge in [-0.15, -0.1) is 0 Å². The molecule has 1 heterocycles. The van der Waals surface area contributed by atoms with E-state index >= 15 is 0 Å². The molecule has 0 spiro atoms. The van der Waals surface area contributed by atoms with Gasteiger partial charge in [0.15, 0.2) is 6.61 Å². The van der Waals surface area contributed by atoms with Gasteiger partial charge in [-0.05, 0) is 31.2 Å². The molecule has 104 valence electrons. The number of nitrogens with one attached hydrogen (secondary N) is 1. The molecule has 2 aromatic rings. The maximum atomic E-state index is 12.9. The number of halogens is 1. The molecule has 1 aromatic heterocycles. The van der Waals surface area contributed by atoms with E-state index in [1.165, 1.54) is 18.2 Å². The van der Waals surface area contributed by atoms with Gasteiger partial charge in [0.25, 0.3) is 5.91 Å². The van der Waals surface area contributed by atoms with Crippen LogP contribution in [0.15, 0.2) is 48.7 Å². The predicted molar refractivity (Wildman–Crippen MR) is 72.7 cm³/mol. The van der Waals surface area contributed by atoms with Crippen molar-refractivity contribution in [3.8, 4) is 5.75 Å². The molecule has 0 aliphatic heterocycles. The molecule has 2 rings (SSSR count). The minimum atomic E-state index is -0.398. The Morgan fingerprint density at radius 2 is 2.20 bits per heavy atom. The number of carbonyl (C=O) groups is 1. The fraction of sp³-hybridized carbons (Fsp3) is 0.200. The van der Waals surface area contributed by atoms with Crippen LogP contribution in [0.4, 0.5) is 4.39 Å². The number of rotatable bonds is 5. The van der Waals surface area contributed by atoms with E-state index in [1.807, 2.05) is 25.1 Å². The van der Waals surface area contributed by atoms with Crippen molar-refractivity contribution in [2.75, 3.05) is 6.61 Å². The number of nitrogens with zero attached hydrogens (tertiary/aromatic N) is 1. The molecule has 1 aromatic carbocycles. The van der Waals surface area contributed by atoms with Crippen LogP contribution in [-0.4, -0.2) is 17.5 Å². The molecule has 4 nitrogen and oxygen atoms in total. The third-order valence-electron chi connectivity index (χ3n) is 2.67. The van der Waals surface area contributed by atoms with E-state index in [4.69, 9.17) is 4.74 Å². The van der Waals surface area contributed by atoms with Crippen molar-refractivity contribution in [2.24, 2.45) is 0 Å². The van der Waals surface area contributed by atoms with Crippen molar-refractivity contribution >= 4 is 5.91 Å². The van der Waals surface area contributed by atoms with Gasteiger partial charge >= 0.3 is 0 Å². The number of ether oxygens (including phenoxy) is 1. The van der Waals surface area contributed by atoms with Crippen molar-refractivity contribution in [1.29, 1.82) is 0 Å². The molecule has 0 fully saturated rings. The molecule has 1 N–H and O–H groups in total. The number of aromatic nitrogens is 1. The van der Waals surface area contributed by atoms with E-state index in [0.717, 1.165) is 5.69 Å². The van der Waals surface area contributed by atoms with Gasteiger partial charge in [-0.1, -0.05) is 12.1 Å². The summed E-state index contributed by atoms with van der Waals surface area (Å²) in [6.45, 7) is 1.67. The van der Waals surface area contributed by atoms with Gasteiger partial charge in [0.1, 0.15) is 11.6 Å². The number of carbonyl (C=O) groups excluding carboxylic acids is 1. The quantitative estimate of drug-likeness (QED) is 0.911. The number of amides is 1. The molecule has 5 heteroatoms. The average Bonchev–Trinajstić information content (AvgIpc) is 2.46. The van der Waals surface area contributed by atoms with Crippen molar-refractivity contribution in [3.05, 3.63) is 60.2 Å². The molecular weight excluding hydrogens is 259 g/mol. The summed E-state index contributed by atoms with van der Waals surface area (Å²) >= 11 is 0. The molecule has 0 bridgehead atoms. The third kappa shape index (κ3) is 4.05. The van der Waals surface area contributed by atoms with Gasteiger partial charge in [0.05, 0.1) is 11.7 Å². The lowest BCUT2D eigenvalue weighted by Gasteiger charge is -2.13. The van der Waals surface area contributed by atoms with Crippen LogP contribution < -0.4 is 10.1 Å². The normalized spacial score (nSPS) is 11.7. The standard InChI is InChI=1S/C15H15FN2O2/c1-11(14-7-2-3-8-17-14)18-15(19)10-20-13-6-4-5-12(16)9-13/h2-9,11H,10H2,1H3,(H,18,19)/t11-/m1/s1. The lowest BCUT2D eigenvalue weighted by atomic mass is 10.2. The zero-order valence-electron chi connectivity index (χ0n) is 11.0. The molecule has 1 atom stereocenters. The van der Waals surface area contributed by atoms with E-state index in [2.05, 4.69) is 10.3 Å². The minimum absolute atomic E-state index is 0.166.